The molecule has 52 valence electrons. The minimum atomic E-state index is -0.0719. The smallest absolute Gasteiger partial charge is 0.0753 e. The van der Waals surface area contributed by atoms with Gasteiger partial charge in [0.05, 0.1) is 6.04 Å². The fraction of sp³-hybridized carbons (Fsp3) is 0.714. The van der Waals surface area contributed by atoms with Crippen molar-refractivity contribution < 1.29 is 0 Å². The van der Waals surface area contributed by atoms with Gasteiger partial charge in [0, 0.05) is 5.75 Å². The number of nitrogens with two attached hydrogens (primary N) is 1. The summed E-state index contributed by atoms with van der Waals surface area (Å²) in [6.07, 6.45) is 5.07. The van der Waals surface area contributed by atoms with Crippen molar-refractivity contribution in [1.29, 1.82) is 0 Å². The third-order valence-corrected chi connectivity index (χ3v) is 2.04. The summed E-state index contributed by atoms with van der Waals surface area (Å²) < 4.78 is 0. The Bertz CT molecular complexity index is 104. The van der Waals surface area contributed by atoms with Crippen LogP contribution in [0.15, 0.2) is 0 Å². The molecule has 0 saturated heterocycles. The highest BCUT2D eigenvalue weighted by atomic mass is 32.2. The zero-order valence-electron chi connectivity index (χ0n) is 5.92. The Kier molecular flexibility index (Phi) is 4.65. The summed E-state index contributed by atoms with van der Waals surface area (Å²) in [7, 11) is 0. The molecule has 0 aliphatic heterocycles. The van der Waals surface area contributed by atoms with Crippen molar-refractivity contribution in [1.82, 2.24) is 0 Å². The molecule has 0 heterocycles. The van der Waals surface area contributed by atoms with Gasteiger partial charge in [-0.05, 0) is 5.25 Å². The minimum absolute atomic E-state index is 0.0719. The molecule has 1 unspecified atom stereocenters. The highest BCUT2D eigenvalue weighted by molar-refractivity contribution is 7.99. The van der Waals surface area contributed by atoms with Crippen LogP contribution in [0.4, 0.5) is 0 Å². The van der Waals surface area contributed by atoms with Crippen LogP contribution in [-0.2, 0) is 0 Å². The highest BCUT2D eigenvalue weighted by Gasteiger charge is 1.98. The van der Waals surface area contributed by atoms with Crippen LogP contribution in [0.2, 0.25) is 0 Å². The molecule has 0 aromatic rings. The molecule has 0 aromatic carbocycles. The lowest BCUT2D eigenvalue weighted by molar-refractivity contribution is 0.966. The summed E-state index contributed by atoms with van der Waals surface area (Å²) in [6, 6.07) is -0.0719. The van der Waals surface area contributed by atoms with Crippen LogP contribution in [-0.4, -0.2) is 17.0 Å². The van der Waals surface area contributed by atoms with E-state index in [2.05, 4.69) is 19.8 Å². The summed E-state index contributed by atoms with van der Waals surface area (Å²) >= 11 is 1.80. The first-order valence-electron chi connectivity index (χ1n) is 3.00. The van der Waals surface area contributed by atoms with Crippen LogP contribution < -0.4 is 5.73 Å². The van der Waals surface area contributed by atoms with Gasteiger partial charge < -0.3 is 5.73 Å². The van der Waals surface area contributed by atoms with E-state index in [0.717, 1.165) is 5.75 Å². The van der Waals surface area contributed by atoms with Crippen LogP contribution in [0, 0.1) is 12.3 Å². The molecule has 1 nitrogen and oxygen atoms in total. The molecule has 0 spiro atoms. The monoisotopic (exact) mass is 143 g/mol. The summed E-state index contributed by atoms with van der Waals surface area (Å²) in [6.45, 7) is 4.27. The third kappa shape index (κ3) is 5.75. The van der Waals surface area contributed by atoms with E-state index in [4.69, 9.17) is 12.2 Å². The molecule has 2 N–H and O–H groups in total. The van der Waals surface area contributed by atoms with E-state index >= 15 is 0 Å². The van der Waals surface area contributed by atoms with Gasteiger partial charge in [0.1, 0.15) is 0 Å². The van der Waals surface area contributed by atoms with Crippen molar-refractivity contribution in [3.05, 3.63) is 0 Å². The average molecular weight is 143 g/mol. The van der Waals surface area contributed by atoms with E-state index in [1.54, 1.807) is 11.8 Å². The second kappa shape index (κ2) is 4.72. The third-order valence-electron chi connectivity index (χ3n) is 0.823. The van der Waals surface area contributed by atoms with Crippen molar-refractivity contribution in [3.8, 4) is 12.3 Å². The predicted molar refractivity (Wildman–Crippen MR) is 44.4 cm³/mol. The van der Waals surface area contributed by atoms with Gasteiger partial charge in [-0.3, -0.25) is 0 Å². The Morgan fingerprint density at radius 3 is 2.56 bits per heavy atom. The Hall–Kier alpha value is -0.130. The quantitative estimate of drug-likeness (QED) is 0.598. The van der Waals surface area contributed by atoms with E-state index in [0.29, 0.717) is 5.25 Å². The van der Waals surface area contributed by atoms with Gasteiger partial charge in [-0.15, -0.1) is 6.42 Å². The number of terminal acetylenes is 1. The molecule has 0 rings (SSSR count). The van der Waals surface area contributed by atoms with Gasteiger partial charge in [-0.1, -0.05) is 19.8 Å². The van der Waals surface area contributed by atoms with Gasteiger partial charge in [0.25, 0.3) is 0 Å². The lowest BCUT2D eigenvalue weighted by atomic mass is 10.4. The molecule has 0 saturated carbocycles. The predicted octanol–water partition coefficient (Wildman–Crippen LogP) is 1.09. The van der Waals surface area contributed by atoms with Gasteiger partial charge in [-0.25, -0.2) is 0 Å². The fourth-order valence-electron chi connectivity index (χ4n) is 0.344. The molecule has 0 aromatic heterocycles. The lowest BCUT2D eigenvalue weighted by Crippen LogP contribution is -2.20. The topological polar surface area (TPSA) is 26.0 Å². The maximum Gasteiger partial charge on any atom is 0.0753 e. The van der Waals surface area contributed by atoms with Crippen LogP contribution in [0.5, 0.6) is 0 Å². The lowest BCUT2D eigenvalue weighted by Gasteiger charge is -2.05. The standard InChI is InChI=1S/C7H13NS/c1-4-7(8)5-9-6(2)3/h1,6-7H,5,8H2,2-3H3. The number of hydrogen-bond donors (Lipinski definition) is 1. The Labute approximate surface area is 61.4 Å². The summed E-state index contributed by atoms with van der Waals surface area (Å²) in [5, 5.41) is 0.629. The normalized spacial score (nSPS) is 13.2. The minimum Gasteiger partial charge on any atom is -0.317 e. The maximum atomic E-state index is 5.46. The maximum absolute atomic E-state index is 5.46. The summed E-state index contributed by atoms with van der Waals surface area (Å²) in [5.74, 6) is 3.35. The molecule has 9 heavy (non-hydrogen) atoms. The average Bonchev–Trinajstić information content (AvgIpc) is 1.83. The number of hydrogen-bond acceptors (Lipinski definition) is 2. The largest absolute Gasteiger partial charge is 0.317 e. The van der Waals surface area contributed by atoms with Crippen LogP contribution >= 0.6 is 11.8 Å². The Morgan fingerprint density at radius 2 is 2.22 bits per heavy atom. The molecule has 0 fully saturated rings. The molecule has 1 atom stereocenters. The number of rotatable bonds is 3. The van der Waals surface area contributed by atoms with Crippen LogP contribution in [0.1, 0.15) is 13.8 Å². The second-order valence-electron chi connectivity index (χ2n) is 2.16. The zero-order chi connectivity index (χ0) is 7.28. The van der Waals surface area contributed by atoms with E-state index in [-0.39, 0.29) is 6.04 Å². The van der Waals surface area contributed by atoms with Crippen molar-refractivity contribution >= 4 is 11.8 Å². The van der Waals surface area contributed by atoms with E-state index in [9.17, 15) is 0 Å². The first-order chi connectivity index (χ1) is 4.16. The van der Waals surface area contributed by atoms with E-state index < -0.39 is 0 Å². The molecule has 0 aliphatic rings. The molecular formula is C7H13NS. The van der Waals surface area contributed by atoms with Gasteiger partial charge in [0.2, 0.25) is 0 Å². The SMILES string of the molecule is C#CC(N)CSC(C)C. The highest BCUT2D eigenvalue weighted by Crippen LogP contribution is 2.08. The van der Waals surface area contributed by atoms with Gasteiger partial charge in [-0.2, -0.15) is 11.8 Å². The molecule has 0 amide bonds. The fourth-order valence-corrected chi connectivity index (χ4v) is 1.03. The van der Waals surface area contributed by atoms with Crippen molar-refractivity contribution in [2.24, 2.45) is 5.73 Å². The zero-order valence-corrected chi connectivity index (χ0v) is 6.74. The Morgan fingerprint density at radius 1 is 1.67 bits per heavy atom. The van der Waals surface area contributed by atoms with E-state index in [1.165, 1.54) is 0 Å². The van der Waals surface area contributed by atoms with Gasteiger partial charge >= 0.3 is 0 Å². The van der Waals surface area contributed by atoms with Gasteiger partial charge in [0.15, 0.2) is 0 Å². The van der Waals surface area contributed by atoms with Crippen molar-refractivity contribution in [3.63, 3.8) is 0 Å². The van der Waals surface area contributed by atoms with E-state index in [1.807, 2.05) is 0 Å². The molecule has 0 aliphatic carbocycles. The first kappa shape index (κ1) is 8.87. The Balaban J connectivity index is 3.19. The van der Waals surface area contributed by atoms with Crippen molar-refractivity contribution in [2.45, 2.75) is 25.1 Å². The number of thioether (sulfide) groups is 1. The first-order valence-corrected chi connectivity index (χ1v) is 4.05. The van der Waals surface area contributed by atoms with Crippen LogP contribution in [0.25, 0.3) is 0 Å². The molecule has 2 heteroatoms. The molecule has 0 bridgehead atoms. The molecular weight excluding hydrogens is 130 g/mol. The molecule has 0 radical (unpaired) electrons. The van der Waals surface area contributed by atoms with Crippen molar-refractivity contribution in [2.75, 3.05) is 5.75 Å². The summed E-state index contributed by atoms with van der Waals surface area (Å²) in [5.41, 5.74) is 5.46. The summed E-state index contributed by atoms with van der Waals surface area (Å²) in [4.78, 5) is 0. The second-order valence-corrected chi connectivity index (χ2v) is 3.76. The van der Waals surface area contributed by atoms with Crippen LogP contribution in [0.3, 0.4) is 0 Å².